The molecule has 3 aromatic rings. The predicted octanol–water partition coefficient (Wildman–Crippen LogP) is 5.16. The largest absolute Gasteiger partial charge is 0.497 e. The maximum atomic E-state index is 6.08. The molecule has 140 valence electrons. The highest BCUT2D eigenvalue weighted by Gasteiger charge is 2.23. The lowest BCUT2D eigenvalue weighted by molar-refractivity contribution is 0.160. The molecule has 3 aromatic carbocycles. The van der Waals surface area contributed by atoms with Gasteiger partial charge in [0.15, 0.2) is 0 Å². The van der Waals surface area contributed by atoms with E-state index in [2.05, 4.69) is 31.3 Å². The lowest BCUT2D eigenvalue weighted by Crippen LogP contribution is -2.46. The highest BCUT2D eigenvalue weighted by atomic mass is 28.3. The second-order valence-corrected chi connectivity index (χ2v) is 11.8. The van der Waals surface area contributed by atoms with Crippen molar-refractivity contribution in [2.24, 2.45) is 0 Å². The van der Waals surface area contributed by atoms with Crippen LogP contribution in [0.5, 0.6) is 17.2 Å². The van der Waals surface area contributed by atoms with Crippen LogP contribution < -0.4 is 14.7 Å². The van der Waals surface area contributed by atoms with Gasteiger partial charge in [0.05, 0.1) is 13.7 Å². The Morgan fingerprint density at radius 1 is 0.741 bits per heavy atom. The van der Waals surface area contributed by atoms with E-state index in [1.54, 1.807) is 7.11 Å². The Kier molecular flexibility index (Phi) is 6.32. The van der Waals surface area contributed by atoms with E-state index in [1.165, 1.54) is 5.19 Å². The van der Waals surface area contributed by atoms with E-state index in [0.717, 1.165) is 29.0 Å². The van der Waals surface area contributed by atoms with E-state index in [0.29, 0.717) is 6.61 Å². The van der Waals surface area contributed by atoms with Crippen LogP contribution in [-0.4, -0.2) is 21.4 Å². The minimum Gasteiger partial charge on any atom is -0.497 e. The van der Waals surface area contributed by atoms with Crippen LogP contribution in [0.3, 0.4) is 0 Å². The van der Waals surface area contributed by atoms with E-state index in [4.69, 9.17) is 14.2 Å². The zero-order chi connectivity index (χ0) is 19.1. The van der Waals surface area contributed by atoms with Crippen molar-refractivity contribution in [3.8, 4) is 17.2 Å². The molecular formula is C23H26O3Si. The molecule has 27 heavy (non-hydrogen) atoms. The van der Waals surface area contributed by atoms with Crippen molar-refractivity contribution in [1.29, 1.82) is 0 Å². The first-order chi connectivity index (χ1) is 13.1. The number of benzene rings is 3. The van der Waals surface area contributed by atoms with Crippen LogP contribution in [0.25, 0.3) is 0 Å². The average molecular weight is 379 g/mol. The minimum absolute atomic E-state index is 0.582. The predicted molar refractivity (Wildman–Crippen MR) is 113 cm³/mol. The van der Waals surface area contributed by atoms with Crippen LogP contribution in [0.1, 0.15) is 5.56 Å². The van der Waals surface area contributed by atoms with Crippen molar-refractivity contribution < 1.29 is 14.2 Å². The summed E-state index contributed by atoms with van der Waals surface area (Å²) in [5.41, 5.74) is 1.11. The Labute approximate surface area is 162 Å². The lowest BCUT2D eigenvalue weighted by Gasteiger charge is -2.23. The molecule has 0 saturated heterocycles. The summed E-state index contributed by atoms with van der Waals surface area (Å²) in [7, 11) is 0.0383. The summed E-state index contributed by atoms with van der Waals surface area (Å²) in [5, 5.41) is 1.37. The molecule has 4 heteroatoms. The molecule has 0 saturated carbocycles. The SMILES string of the molecule is COc1ccc([Si](C)(C)COCc2cccc(Oc3ccccc3)c2)cc1. The van der Waals surface area contributed by atoms with Crippen molar-refractivity contribution in [2.45, 2.75) is 19.7 Å². The van der Waals surface area contributed by atoms with Crippen molar-refractivity contribution in [2.75, 3.05) is 13.3 Å². The Morgan fingerprint density at radius 2 is 1.44 bits per heavy atom. The molecule has 3 rings (SSSR count). The molecule has 0 aliphatic carbocycles. The van der Waals surface area contributed by atoms with Gasteiger partial charge in [-0.2, -0.15) is 0 Å². The molecule has 0 bridgehead atoms. The normalized spacial score (nSPS) is 11.2. The zero-order valence-electron chi connectivity index (χ0n) is 16.1. The first kappa shape index (κ1) is 19.2. The third-order valence-corrected chi connectivity index (χ3v) is 7.30. The van der Waals surface area contributed by atoms with Gasteiger partial charge < -0.3 is 14.2 Å². The quantitative estimate of drug-likeness (QED) is 0.507. The zero-order valence-corrected chi connectivity index (χ0v) is 17.1. The molecule has 0 fully saturated rings. The molecule has 0 unspecified atom stereocenters. The summed E-state index contributed by atoms with van der Waals surface area (Å²) in [6.45, 7) is 5.23. The van der Waals surface area contributed by atoms with Crippen LogP contribution in [0.4, 0.5) is 0 Å². The Bertz CT molecular complexity index is 845. The highest BCUT2D eigenvalue weighted by molar-refractivity contribution is 6.89. The minimum atomic E-state index is -1.65. The van der Waals surface area contributed by atoms with Crippen LogP contribution in [-0.2, 0) is 11.3 Å². The van der Waals surface area contributed by atoms with Gasteiger partial charge in [-0.25, -0.2) is 0 Å². The van der Waals surface area contributed by atoms with Crippen molar-refractivity contribution in [1.82, 2.24) is 0 Å². The van der Waals surface area contributed by atoms with Crippen LogP contribution >= 0.6 is 0 Å². The van der Waals surface area contributed by atoms with E-state index < -0.39 is 8.07 Å². The van der Waals surface area contributed by atoms with Gasteiger partial charge in [0.1, 0.15) is 25.3 Å². The van der Waals surface area contributed by atoms with Gasteiger partial charge >= 0.3 is 0 Å². The first-order valence-corrected chi connectivity index (χ1v) is 12.3. The monoisotopic (exact) mass is 378 g/mol. The molecule has 0 radical (unpaired) electrons. The van der Waals surface area contributed by atoms with Gasteiger partial charge in [-0.15, -0.1) is 0 Å². The molecule has 0 aromatic heterocycles. The Balaban J connectivity index is 1.57. The van der Waals surface area contributed by atoms with Crippen molar-refractivity contribution in [3.05, 3.63) is 84.4 Å². The summed E-state index contributed by atoms with van der Waals surface area (Å²) in [5.74, 6) is 2.55. The highest BCUT2D eigenvalue weighted by Crippen LogP contribution is 2.22. The van der Waals surface area contributed by atoms with Crippen LogP contribution in [0.15, 0.2) is 78.9 Å². The average Bonchev–Trinajstić information content (AvgIpc) is 2.69. The first-order valence-electron chi connectivity index (χ1n) is 9.11. The van der Waals surface area contributed by atoms with E-state index in [1.807, 2.05) is 60.7 Å². The summed E-state index contributed by atoms with van der Waals surface area (Å²) in [6.07, 6.45) is 0.767. The number of methoxy groups -OCH3 is 1. The Hall–Kier alpha value is -2.56. The van der Waals surface area contributed by atoms with Gasteiger partial charge in [0, 0.05) is 6.23 Å². The standard InChI is InChI=1S/C23H26O3Si/c1-24-20-12-14-23(15-13-20)27(2,3)18-25-17-19-8-7-11-22(16-19)26-21-9-5-4-6-10-21/h4-16H,17-18H2,1-3H3. The molecular weight excluding hydrogens is 352 g/mol. The van der Waals surface area contributed by atoms with E-state index in [-0.39, 0.29) is 0 Å². The number of rotatable bonds is 8. The molecule has 0 N–H and O–H groups in total. The second kappa shape index (κ2) is 8.89. The molecule has 0 spiro atoms. The van der Waals surface area contributed by atoms with Gasteiger partial charge in [0.2, 0.25) is 0 Å². The van der Waals surface area contributed by atoms with E-state index >= 15 is 0 Å². The molecule has 0 heterocycles. The lowest BCUT2D eigenvalue weighted by atomic mass is 10.2. The van der Waals surface area contributed by atoms with Gasteiger partial charge in [-0.1, -0.05) is 60.7 Å². The third-order valence-electron chi connectivity index (χ3n) is 4.48. The summed E-state index contributed by atoms with van der Waals surface area (Å²) in [4.78, 5) is 0. The van der Waals surface area contributed by atoms with Crippen LogP contribution in [0, 0.1) is 0 Å². The topological polar surface area (TPSA) is 27.7 Å². The summed E-state index contributed by atoms with van der Waals surface area (Å²) in [6, 6.07) is 26.2. The van der Waals surface area contributed by atoms with Gasteiger partial charge in [-0.3, -0.25) is 0 Å². The van der Waals surface area contributed by atoms with E-state index in [9.17, 15) is 0 Å². The molecule has 3 nitrogen and oxygen atoms in total. The van der Waals surface area contributed by atoms with Crippen molar-refractivity contribution in [3.63, 3.8) is 0 Å². The molecule has 0 amide bonds. The number of hydrogen-bond donors (Lipinski definition) is 0. The summed E-state index contributed by atoms with van der Waals surface area (Å²) < 4.78 is 17.2. The molecule has 0 aliphatic rings. The number of hydrogen-bond acceptors (Lipinski definition) is 3. The van der Waals surface area contributed by atoms with Gasteiger partial charge in [-0.05, 0) is 42.0 Å². The molecule has 0 atom stereocenters. The third kappa shape index (κ3) is 5.45. The van der Waals surface area contributed by atoms with Crippen LogP contribution in [0.2, 0.25) is 13.1 Å². The fraction of sp³-hybridized carbons (Fsp3) is 0.217. The maximum absolute atomic E-state index is 6.08. The maximum Gasteiger partial charge on any atom is 0.127 e. The number of para-hydroxylation sites is 1. The fourth-order valence-corrected chi connectivity index (χ4v) is 4.72. The smallest absolute Gasteiger partial charge is 0.127 e. The van der Waals surface area contributed by atoms with Gasteiger partial charge in [0.25, 0.3) is 0 Å². The second-order valence-electron chi connectivity index (χ2n) is 7.17. The molecule has 0 aliphatic heterocycles. The Morgan fingerprint density at radius 3 is 2.15 bits per heavy atom. The number of ether oxygens (including phenoxy) is 3. The fourth-order valence-electron chi connectivity index (χ4n) is 2.87. The summed E-state index contributed by atoms with van der Waals surface area (Å²) >= 11 is 0. The van der Waals surface area contributed by atoms with Crippen molar-refractivity contribution >= 4 is 13.3 Å².